The third-order valence-corrected chi connectivity index (χ3v) is 3.77. The number of oxazole rings is 1. The van der Waals surface area contributed by atoms with E-state index in [1.54, 1.807) is 12.1 Å². The van der Waals surface area contributed by atoms with Gasteiger partial charge in [-0.05, 0) is 60.9 Å². The first-order valence-electron chi connectivity index (χ1n) is 7.31. The number of benzene rings is 2. The van der Waals surface area contributed by atoms with Gasteiger partial charge in [-0.1, -0.05) is 12.1 Å². The Hall–Kier alpha value is -2.88. The maximum atomic E-state index is 11.4. The minimum absolute atomic E-state index is 0.342. The summed E-state index contributed by atoms with van der Waals surface area (Å²) >= 11 is 0. The summed E-state index contributed by atoms with van der Waals surface area (Å²) in [5.41, 5.74) is 5.50. The summed E-state index contributed by atoms with van der Waals surface area (Å²) in [5, 5.41) is 0. The molecule has 0 fully saturated rings. The topological polar surface area (TPSA) is 52.3 Å². The molecule has 0 atom stereocenters. The number of methoxy groups -OCH3 is 1. The summed E-state index contributed by atoms with van der Waals surface area (Å²) in [6, 6.07) is 11.2. The molecule has 4 heteroatoms. The third kappa shape index (κ3) is 3.16. The lowest BCUT2D eigenvalue weighted by molar-refractivity contribution is 0.0600. The van der Waals surface area contributed by atoms with Crippen LogP contribution in [0.5, 0.6) is 0 Å². The van der Waals surface area contributed by atoms with Gasteiger partial charge in [0.25, 0.3) is 0 Å². The van der Waals surface area contributed by atoms with Crippen LogP contribution in [0.3, 0.4) is 0 Å². The lowest BCUT2D eigenvalue weighted by Crippen LogP contribution is -2.00. The average Bonchev–Trinajstić information content (AvgIpc) is 2.95. The molecule has 23 heavy (non-hydrogen) atoms. The van der Waals surface area contributed by atoms with Gasteiger partial charge in [0.1, 0.15) is 5.52 Å². The van der Waals surface area contributed by atoms with E-state index in [0.29, 0.717) is 11.5 Å². The van der Waals surface area contributed by atoms with Gasteiger partial charge in [-0.25, -0.2) is 9.78 Å². The lowest BCUT2D eigenvalue weighted by Gasteiger charge is -1.98. The van der Waals surface area contributed by atoms with Gasteiger partial charge in [-0.3, -0.25) is 0 Å². The Labute approximate surface area is 134 Å². The Morgan fingerprint density at radius 1 is 1.09 bits per heavy atom. The lowest BCUT2D eigenvalue weighted by atomic mass is 10.1. The van der Waals surface area contributed by atoms with E-state index in [2.05, 4.69) is 23.6 Å². The maximum Gasteiger partial charge on any atom is 0.337 e. The molecule has 3 aromatic rings. The van der Waals surface area contributed by atoms with Crippen molar-refractivity contribution in [2.45, 2.75) is 13.8 Å². The van der Waals surface area contributed by atoms with Crippen molar-refractivity contribution in [3.63, 3.8) is 0 Å². The standard InChI is InChI=1S/C19H17NO3/c1-12-10-16-17(11-13(12)2)23-18(20-16)9-6-14-4-7-15(8-5-14)19(21)22-3/h4-11H,1-3H3. The summed E-state index contributed by atoms with van der Waals surface area (Å²) in [7, 11) is 1.37. The van der Waals surface area contributed by atoms with Crippen molar-refractivity contribution < 1.29 is 13.9 Å². The molecule has 0 aliphatic rings. The van der Waals surface area contributed by atoms with Gasteiger partial charge in [-0.2, -0.15) is 0 Å². The van der Waals surface area contributed by atoms with Crippen LogP contribution in [0.25, 0.3) is 23.3 Å². The highest BCUT2D eigenvalue weighted by molar-refractivity contribution is 5.89. The highest BCUT2D eigenvalue weighted by atomic mass is 16.5. The van der Waals surface area contributed by atoms with E-state index in [1.165, 1.54) is 18.2 Å². The Bertz CT molecular complexity index is 850. The monoisotopic (exact) mass is 307 g/mol. The van der Waals surface area contributed by atoms with Crippen molar-refractivity contribution in [2.24, 2.45) is 0 Å². The number of aryl methyl sites for hydroxylation is 2. The molecule has 0 spiro atoms. The molecule has 0 bridgehead atoms. The number of rotatable bonds is 3. The SMILES string of the molecule is COC(=O)c1ccc(C=Cc2nc3cc(C)c(C)cc3o2)cc1. The van der Waals surface area contributed by atoms with Gasteiger partial charge >= 0.3 is 5.97 Å². The van der Waals surface area contributed by atoms with E-state index in [9.17, 15) is 4.79 Å². The van der Waals surface area contributed by atoms with Crippen molar-refractivity contribution in [3.05, 3.63) is 64.5 Å². The number of hydrogen-bond donors (Lipinski definition) is 0. The van der Waals surface area contributed by atoms with Crippen LogP contribution in [-0.2, 0) is 4.74 Å². The van der Waals surface area contributed by atoms with Crippen LogP contribution < -0.4 is 0 Å². The fraction of sp³-hybridized carbons (Fsp3) is 0.158. The zero-order valence-corrected chi connectivity index (χ0v) is 13.3. The summed E-state index contributed by atoms with van der Waals surface area (Å²) in [4.78, 5) is 15.9. The fourth-order valence-corrected chi connectivity index (χ4v) is 2.28. The highest BCUT2D eigenvalue weighted by Crippen LogP contribution is 2.21. The Morgan fingerprint density at radius 2 is 1.78 bits per heavy atom. The summed E-state index contributed by atoms with van der Waals surface area (Å²) in [6.07, 6.45) is 3.71. The molecule has 3 rings (SSSR count). The largest absolute Gasteiger partial charge is 0.465 e. The summed E-state index contributed by atoms with van der Waals surface area (Å²) < 4.78 is 10.4. The van der Waals surface area contributed by atoms with E-state index in [1.807, 2.05) is 36.4 Å². The van der Waals surface area contributed by atoms with Crippen LogP contribution in [-0.4, -0.2) is 18.1 Å². The third-order valence-electron chi connectivity index (χ3n) is 3.77. The van der Waals surface area contributed by atoms with E-state index in [-0.39, 0.29) is 5.97 Å². The molecule has 4 nitrogen and oxygen atoms in total. The second-order valence-electron chi connectivity index (χ2n) is 5.40. The Balaban J connectivity index is 1.83. The van der Waals surface area contributed by atoms with Crippen LogP contribution in [0.2, 0.25) is 0 Å². The summed E-state index contributed by atoms with van der Waals surface area (Å²) in [5.74, 6) is 0.215. The van der Waals surface area contributed by atoms with Gasteiger partial charge < -0.3 is 9.15 Å². The molecule has 0 aliphatic carbocycles. The second kappa shape index (κ2) is 6.08. The molecule has 0 saturated heterocycles. The van der Waals surface area contributed by atoms with Crippen LogP contribution in [0.1, 0.15) is 32.9 Å². The number of carbonyl (C=O) groups is 1. The number of carbonyl (C=O) groups excluding carboxylic acids is 1. The molecule has 0 radical (unpaired) electrons. The minimum atomic E-state index is -0.342. The first kappa shape index (κ1) is 15.0. The zero-order chi connectivity index (χ0) is 16.4. The van der Waals surface area contributed by atoms with E-state index in [0.717, 1.165) is 16.7 Å². The molecule has 0 N–H and O–H groups in total. The zero-order valence-electron chi connectivity index (χ0n) is 13.3. The normalized spacial score (nSPS) is 11.3. The molecule has 0 unspecified atom stereocenters. The summed E-state index contributed by atoms with van der Waals surface area (Å²) in [6.45, 7) is 4.11. The van der Waals surface area contributed by atoms with Crippen molar-refractivity contribution in [1.82, 2.24) is 4.98 Å². The van der Waals surface area contributed by atoms with Crippen molar-refractivity contribution in [1.29, 1.82) is 0 Å². The molecular formula is C19H17NO3. The molecule has 0 saturated carbocycles. The minimum Gasteiger partial charge on any atom is -0.465 e. The number of nitrogens with zero attached hydrogens (tertiary/aromatic N) is 1. The molecular weight excluding hydrogens is 290 g/mol. The van der Waals surface area contributed by atoms with Crippen LogP contribution in [0.4, 0.5) is 0 Å². The Kier molecular flexibility index (Phi) is 3.98. The van der Waals surface area contributed by atoms with Gasteiger partial charge in [0, 0.05) is 6.08 Å². The van der Waals surface area contributed by atoms with Gasteiger partial charge in [-0.15, -0.1) is 0 Å². The van der Waals surface area contributed by atoms with Crippen molar-refractivity contribution in [2.75, 3.05) is 7.11 Å². The molecule has 0 aliphatic heterocycles. The smallest absolute Gasteiger partial charge is 0.337 e. The average molecular weight is 307 g/mol. The number of hydrogen-bond acceptors (Lipinski definition) is 4. The number of ether oxygens (including phenoxy) is 1. The van der Waals surface area contributed by atoms with Crippen LogP contribution in [0.15, 0.2) is 40.8 Å². The number of aromatic nitrogens is 1. The molecule has 2 aromatic carbocycles. The van der Waals surface area contributed by atoms with E-state index >= 15 is 0 Å². The van der Waals surface area contributed by atoms with E-state index in [4.69, 9.17) is 4.42 Å². The predicted octanol–water partition coefficient (Wildman–Crippen LogP) is 4.40. The maximum absolute atomic E-state index is 11.4. The van der Waals surface area contributed by atoms with Gasteiger partial charge in [0.15, 0.2) is 5.58 Å². The molecule has 116 valence electrons. The first-order chi connectivity index (χ1) is 11.1. The quantitative estimate of drug-likeness (QED) is 0.673. The van der Waals surface area contributed by atoms with Gasteiger partial charge in [0.05, 0.1) is 12.7 Å². The van der Waals surface area contributed by atoms with E-state index < -0.39 is 0 Å². The van der Waals surface area contributed by atoms with Crippen molar-refractivity contribution in [3.8, 4) is 0 Å². The van der Waals surface area contributed by atoms with Crippen LogP contribution in [0, 0.1) is 13.8 Å². The number of fused-ring (bicyclic) bond motifs is 1. The first-order valence-corrected chi connectivity index (χ1v) is 7.31. The molecule has 1 aromatic heterocycles. The molecule has 1 heterocycles. The highest BCUT2D eigenvalue weighted by Gasteiger charge is 2.06. The predicted molar refractivity (Wildman–Crippen MR) is 90.2 cm³/mol. The van der Waals surface area contributed by atoms with Crippen molar-refractivity contribution >= 4 is 29.2 Å². The van der Waals surface area contributed by atoms with Crippen LogP contribution >= 0.6 is 0 Å². The second-order valence-corrected chi connectivity index (χ2v) is 5.40. The van der Waals surface area contributed by atoms with Gasteiger partial charge in [0.2, 0.25) is 5.89 Å². The number of esters is 1. The fourth-order valence-electron chi connectivity index (χ4n) is 2.28. The Morgan fingerprint density at radius 3 is 2.48 bits per heavy atom. The molecule has 0 amide bonds.